The van der Waals surface area contributed by atoms with Crippen LogP contribution in [0.5, 0.6) is 0 Å². The molecule has 0 amide bonds. The van der Waals surface area contributed by atoms with Gasteiger partial charge in [-0.25, -0.2) is 10.1 Å². The van der Waals surface area contributed by atoms with E-state index in [-0.39, 0.29) is 27.7 Å². The summed E-state index contributed by atoms with van der Waals surface area (Å²) >= 11 is 0. The maximum absolute atomic E-state index is 10.8. The van der Waals surface area contributed by atoms with Gasteiger partial charge in [-0.1, -0.05) is 0 Å². The first-order valence-electron chi connectivity index (χ1n) is 3.53. The Bertz CT molecular complexity index is 236. The molecule has 0 aromatic rings. The number of hydrogen-bond donors (Lipinski definition) is 0. The Balaban J connectivity index is -0.000000295. The van der Waals surface area contributed by atoms with E-state index in [0.29, 0.717) is 0 Å². The molecule has 0 spiro atoms. The molecule has 0 aromatic carbocycles. The van der Waals surface area contributed by atoms with E-state index >= 15 is 0 Å². The van der Waals surface area contributed by atoms with E-state index in [9.17, 15) is 52.7 Å². The maximum Gasteiger partial charge on any atom is 2.00 e. The molecule has 21 heavy (non-hydrogen) atoms. The number of hydroxylamine groups is 4. The average Bonchev–Trinajstić information content (AvgIpc) is 2.10. The van der Waals surface area contributed by atoms with Gasteiger partial charge < -0.3 is 10.4 Å². The first-order chi connectivity index (χ1) is 8.31. The summed E-state index contributed by atoms with van der Waals surface area (Å²) in [5.74, 6) is 0. The van der Waals surface area contributed by atoms with Crippen LogP contribution >= 0.6 is 0 Å². The quantitative estimate of drug-likeness (QED) is 0.205. The largest absolute Gasteiger partial charge is 2.00 e. The third-order valence-corrected chi connectivity index (χ3v) is 0.921. The summed E-state index contributed by atoms with van der Waals surface area (Å²) in [5, 5.41) is 12.6. The number of rotatable bonds is 0. The van der Waals surface area contributed by atoms with Gasteiger partial charge in [0.2, 0.25) is 0 Å². The molecule has 0 N–H and O–H groups in total. The molecule has 0 aliphatic rings. The average molecular weight is 537 g/mol. The van der Waals surface area contributed by atoms with Crippen LogP contribution in [-0.4, -0.2) is 35.3 Å². The second-order valence-electron chi connectivity index (χ2n) is 2.46. The number of nitrogens with zero attached hydrogens (tertiary/aromatic N) is 2. The monoisotopic (exact) mass is 538 g/mol. The van der Waals surface area contributed by atoms with E-state index in [0.717, 1.165) is 0 Å². The SMILES string of the molecule is [Hg+2].[O-]N(C(F)(F)F)C(F)(F)F.[O-]N(C(F)(F)F)C(F)(F)F. The standard InChI is InChI=1S/2C2F6NO.Hg/c2*3-1(4,5)9(10)2(6,7)8;/q2*-1;+2. The van der Waals surface area contributed by atoms with Gasteiger partial charge in [-0.3, -0.25) is 0 Å². The summed E-state index contributed by atoms with van der Waals surface area (Å²) < 4.78 is 130. The van der Waals surface area contributed by atoms with Crippen molar-refractivity contribution in [2.24, 2.45) is 0 Å². The molecule has 0 aliphatic carbocycles. The fourth-order valence-corrected chi connectivity index (χ4v) is 0.287. The Morgan fingerprint density at radius 3 is 0.524 bits per heavy atom. The van der Waals surface area contributed by atoms with Crippen molar-refractivity contribution >= 4 is 0 Å². The summed E-state index contributed by atoms with van der Waals surface area (Å²) in [7, 11) is 0. The minimum absolute atomic E-state index is 0. The smallest absolute Gasteiger partial charge is 0.773 e. The van der Waals surface area contributed by atoms with E-state index in [4.69, 9.17) is 10.4 Å². The van der Waals surface area contributed by atoms with Crippen LogP contribution < -0.4 is 0 Å². The minimum Gasteiger partial charge on any atom is -0.773 e. The molecule has 0 rings (SSSR count). The van der Waals surface area contributed by atoms with Crippen LogP contribution in [0.15, 0.2) is 0 Å². The molecule has 4 nitrogen and oxygen atoms in total. The van der Waals surface area contributed by atoms with Gasteiger partial charge in [-0.2, -0.15) is 52.7 Å². The van der Waals surface area contributed by atoms with Crippen LogP contribution in [0.25, 0.3) is 0 Å². The Labute approximate surface area is 126 Å². The topological polar surface area (TPSA) is 52.6 Å². The van der Waals surface area contributed by atoms with Crippen LogP contribution in [0.3, 0.4) is 0 Å². The van der Waals surface area contributed by atoms with Gasteiger partial charge in [0, 0.05) is 0 Å². The van der Waals surface area contributed by atoms with Crippen molar-refractivity contribution in [1.29, 1.82) is 0 Å². The predicted octanol–water partition coefficient (Wildman–Crippen LogP) is 3.65. The number of halogens is 12. The van der Waals surface area contributed by atoms with E-state index in [1.807, 2.05) is 0 Å². The van der Waals surface area contributed by atoms with Gasteiger partial charge in [0.25, 0.3) is 0 Å². The Morgan fingerprint density at radius 1 is 0.429 bits per heavy atom. The molecular formula is C4F12HgN2O2. The van der Waals surface area contributed by atoms with E-state index in [1.165, 1.54) is 0 Å². The molecule has 0 aliphatic heterocycles. The number of hydrogen-bond acceptors (Lipinski definition) is 4. The zero-order chi connectivity index (χ0) is 17.2. The summed E-state index contributed by atoms with van der Waals surface area (Å²) in [6.45, 7) is 0. The van der Waals surface area contributed by atoms with Gasteiger partial charge in [0.05, 0.1) is 0 Å². The van der Waals surface area contributed by atoms with Crippen molar-refractivity contribution < 1.29 is 80.4 Å². The van der Waals surface area contributed by atoms with Crippen LogP contribution in [0, 0.1) is 10.4 Å². The van der Waals surface area contributed by atoms with Gasteiger partial charge in [0.15, 0.2) is 0 Å². The van der Waals surface area contributed by atoms with E-state index in [1.54, 1.807) is 0 Å². The van der Waals surface area contributed by atoms with Crippen LogP contribution in [0.4, 0.5) is 52.7 Å². The van der Waals surface area contributed by atoms with Crippen molar-refractivity contribution in [2.45, 2.75) is 25.2 Å². The fourth-order valence-electron chi connectivity index (χ4n) is 0.287. The zero-order valence-corrected chi connectivity index (χ0v) is 14.5. The predicted molar refractivity (Wildman–Crippen MR) is 34.6 cm³/mol. The molecule has 0 unspecified atom stereocenters. The molecule has 124 valence electrons. The Kier molecular flexibility index (Phi) is 9.82. The van der Waals surface area contributed by atoms with Gasteiger partial charge in [-0.05, 0) is 0 Å². The Hall–Kier alpha value is -0.0649. The molecule has 17 heteroatoms. The molecule has 0 saturated carbocycles. The molecule has 0 radical (unpaired) electrons. The van der Waals surface area contributed by atoms with Gasteiger partial charge >= 0.3 is 52.9 Å². The van der Waals surface area contributed by atoms with Crippen molar-refractivity contribution in [2.75, 3.05) is 0 Å². The molecule has 0 saturated heterocycles. The molecule has 0 atom stereocenters. The zero-order valence-electron chi connectivity index (χ0n) is 8.95. The van der Waals surface area contributed by atoms with Crippen molar-refractivity contribution in [3.63, 3.8) is 0 Å². The molecule has 0 bridgehead atoms. The molecule has 0 heterocycles. The fraction of sp³-hybridized carbons (Fsp3) is 1.00. The minimum atomic E-state index is -5.90. The Morgan fingerprint density at radius 2 is 0.524 bits per heavy atom. The normalized spacial score (nSPS) is 13.7. The summed E-state index contributed by atoms with van der Waals surface area (Å²) in [6, 6.07) is 0. The summed E-state index contributed by atoms with van der Waals surface area (Å²) in [5.41, 5.74) is 0. The van der Waals surface area contributed by atoms with Crippen LogP contribution in [0.2, 0.25) is 0 Å². The number of alkyl halides is 12. The van der Waals surface area contributed by atoms with Crippen molar-refractivity contribution in [1.82, 2.24) is 10.1 Å². The first kappa shape index (κ1) is 25.9. The van der Waals surface area contributed by atoms with Crippen LogP contribution in [0.1, 0.15) is 0 Å². The summed E-state index contributed by atoms with van der Waals surface area (Å²) in [4.78, 5) is 0. The van der Waals surface area contributed by atoms with Crippen molar-refractivity contribution in [3.05, 3.63) is 10.4 Å². The second-order valence-corrected chi connectivity index (χ2v) is 2.46. The summed E-state index contributed by atoms with van der Waals surface area (Å²) in [6.07, 6.45) is -23.6. The third-order valence-electron chi connectivity index (χ3n) is 0.921. The van der Waals surface area contributed by atoms with Crippen molar-refractivity contribution in [3.8, 4) is 0 Å². The molecule has 0 fully saturated rings. The third kappa shape index (κ3) is 11.2. The molecular weight excluding hydrogens is 537 g/mol. The molecule has 0 aromatic heterocycles. The van der Waals surface area contributed by atoms with E-state index < -0.39 is 35.3 Å². The van der Waals surface area contributed by atoms with Crippen LogP contribution in [-0.2, 0) is 27.7 Å². The van der Waals surface area contributed by atoms with Gasteiger partial charge in [0.1, 0.15) is 0 Å². The second kappa shape index (κ2) is 7.98. The van der Waals surface area contributed by atoms with Gasteiger partial charge in [-0.15, -0.1) is 0 Å². The maximum atomic E-state index is 10.8. The first-order valence-corrected chi connectivity index (χ1v) is 3.53. The van der Waals surface area contributed by atoms with E-state index in [2.05, 4.69) is 0 Å².